The van der Waals surface area contributed by atoms with Gasteiger partial charge in [0.1, 0.15) is 5.54 Å². The molecule has 3 rings (SSSR count). The Balaban J connectivity index is 1.73. The molecule has 2 heterocycles. The van der Waals surface area contributed by atoms with Crippen molar-refractivity contribution < 1.29 is 22.4 Å². The minimum Gasteiger partial charge on any atom is -0.437 e. The van der Waals surface area contributed by atoms with Crippen LogP contribution in [0.25, 0.3) is 0 Å². The third kappa shape index (κ3) is 2.55. The van der Waals surface area contributed by atoms with Crippen molar-refractivity contribution in [2.75, 3.05) is 6.54 Å². The van der Waals surface area contributed by atoms with Gasteiger partial charge in [-0.15, -0.1) is 0 Å². The number of urea groups is 1. The predicted octanol–water partition coefficient (Wildman–Crippen LogP) is 0.699. The Hall–Kier alpha value is -1.39. The van der Waals surface area contributed by atoms with Gasteiger partial charge in [-0.2, -0.15) is 0 Å². The van der Waals surface area contributed by atoms with Gasteiger partial charge in [-0.25, -0.2) is 17.9 Å². The largest absolute Gasteiger partial charge is 0.437 e. The molecule has 2 unspecified atom stereocenters. The molecule has 1 aromatic rings. The lowest BCUT2D eigenvalue weighted by molar-refractivity contribution is -0.125. The van der Waals surface area contributed by atoms with Gasteiger partial charge in [-0.3, -0.25) is 10.1 Å². The zero-order chi connectivity index (χ0) is 16.0. The SMILES string of the molecule is O=C1NC(=O)C2(CCCC2CNS(=O)(=O)c2ccc(Br)o2)N1. The fourth-order valence-electron chi connectivity index (χ4n) is 3.05. The van der Waals surface area contributed by atoms with Gasteiger partial charge >= 0.3 is 6.03 Å². The second-order valence-corrected chi connectivity index (χ2v) is 7.86. The zero-order valence-corrected chi connectivity index (χ0v) is 13.8. The van der Waals surface area contributed by atoms with Crippen molar-refractivity contribution in [1.82, 2.24) is 15.4 Å². The van der Waals surface area contributed by atoms with E-state index in [1.54, 1.807) is 0 Å². The number of carbonyl (C=O) groups excluding carboxylic acids is 2. The van der Waals surface area contributed by atoms with Gasteiger partial charge in [-0.05, 0) is 40.9 Å². The van der Waals surface area contributed by atoms with Crippen molar-refractivity contribution in [1.29, 1.82) is 0 Å². The fourth-order valence-corrected chi connectivity index (χ4v) is 4.47. The van der Waals surface area contributed by atoms with Gasteiger partial charge in [0.15, 0.2) is 4.67 Å². The molecule has 8 nitrogen and oxygen atoms in total. The number of amides is 3. The van der Waals surface area contributed by atoms with E-state index in [1.165, 1.54) is 12.1 Å². The van der Waals surface area contributed by atoms with Gasteiger partial charge in [0.05, 0.1) is 0 Å². The lowest BCUT2D eigenvalue weighted by Gasteiger charge is -2.27. The van der Waals surface area contributed by atoms with Crippen LogP contribution in [0, 0.1) is 5.92 Å². The number of imide groups is 1. The van der Waals surface area contributed by atoms with Gasteiger partial charge in [0.25, 0.3) is 15.9 Å². The van der Waals surface area contributed by atoms with Crippen LogP contribution in [0.15, 0.2) is 26.3 Å². The Morgan fingerprint density at radius 1 is 1.41 bits per heavy atom. The first kappa shape index (κ1) is 15.5. The normalized spacial score (nSPS) is 28.1. The molecule has 2 atom stereocenters. The maximum absolute atomic E-state index is 12.1. The Labute approximate surface area is 135 Å². The molecular weight excluding hydrogens is 378 g/mol. The molecule has 3 N–H and O–H groups in total. The molecule has 2 aliphatic rings. The van der Waals surface area contributed by atoms with Crippen LogP contribution < -0.4 is 15.4 Å². The van der Waals surface area contributed by atoms with Gasteiger partial charge in [0, 0.05) is 12.5 Å². The van der Waals surface area contributed by atoms with Gasteiger partial charge in [0.2, 0.25) is 5.09 Å². The first-order valence-electron chi connectivity index (χ1n) is 6.72. The topological polar surface area (TPSA) is 118 Å². The third-order valence-corrected chi connectivity index (χ3v) is 5.84. The summed E-state index contributed by atoms with van der Waals surface area (Å²) in [6.07, 6.45) is 1.90. The summed E-state index contributed by atoms with van der Waals surface area (Å²) < 4.78 is 32.1. The van der Waals surface area contributed by atoms with Crippen LogP contribution in [0.2, 0.25) is 0 Å². The molecule has 120 valence electrons. The highest BCUT2D eigenvalue weighted by Crippen LogP contribution is 2.37. The molecule has 1 aliphatic heterocycles. The third-order valence-electron chi connectivity index (χ3n) is 4.12. The highest BCUT2D eigenvalue weighted by molar-refractivity contribution is 9.10. The lowest BCUT2D eigenvalue weighted by atomic mass is 9.87. The van der Waals surface area contributed by atoms with E-state index in [2.05, 4.69) is 31.3 Å². The lowest BCUT2D eigenvalue weighted by Crippen LogP contribution is -2.53. The molecule has 0 radical (unpaired) electrons. The monoisotopic (exact) mass is 391 g/mol. The number of carbonyl (C=O) groups is 2. The summed E-state index contributed by atoms with van der Waals surface area (Å²) >= 11 is 3.05. The molecule has 1 saturated carbocycles. The Morgan fingerprint density at radius 2 is 2.18 bits per heavy atom. The number of furan rings is 1. The van der Waals surface area contributed by atoms with E-state index in [0.717, 1.165) is 6.42 Å². The van der Waals surface area contributed by atoms with Crippen LogP contribution in [0.4, 0.5) is 4.79 Å². The molecule has 3 amide bonds. The van der Waals surface area contributed by atoms with Crippen LogP contribution >= 0.6 is 15.9 Å². The molecule has 1 aliphatic carbocycles. The Kier molecular flexibility index (Phi) is 3.77. The quantitative estimate of drug-likeness (QED) is 0.652. The van der Waals surface area contributed by atoms with Crippen molar-refractivity contribution in [2.24, 2.45) is 5.92 Å². The van der Waals surface area contributed by atoms with Crippen molar-refractivity contribution in [2.45, 2.75) is 29.9 Å². The van der Waals surface area contributed by atoms with Crippen molar-refractivity contribution in [3.8, 4) is 0 Å². The summed E-state index contributed by atoms with van der Waals surface area (Å²) in [5, 5.41) is 4.66. The summed E-state index contributed by atoms with van der Waals surface area (Å²) in [4.78, 5) is 23.4. The number of nitrogens with one attached hydrogen (secondary N) is 3. The number of hydrogen-bond donors (Lipinski definition) is 3. The van der Waals surface area contributed by atoms with Crippen LogP contribution in [0.1, 0.15) is 19.3 Å². The minimum absolute atomic E-state index is 0.0500. The van der Waals surface area contributed by atoms with E-state index < -0.39 is 21.6 Å². The molecule has 10 heteroatoms. The average Bonchev–Trinajstić information content (AvgIpc) is 3.10. The molecule has 1 spiro atoms. The van der Waals surface area contributed by atoms with E-state index >= 15 is 0 Å². The number of hydrogen-bond acceptors (Lipinski definition) is 5. The first-order chi connectivity index (χ1) is 10.3. The molecular formula is C12H14BrN3O5S. The summed E-state index contributed by atoms with van der Waals surface area (Å²) in [6, 6.07) is 2.28. The standard InChI is InChI=1S/C12H14BrN3O5S/c13-8-3-4-9(21-8)22(19,20)14-6-7-2-1-5-12(7)10(17)15-11(18)16-12/h3-4,7,14H,1-2,5-6H2,(H2,15,16,17,18). The Bertz CT molecular complexity index is 731. The van der Waals surface area contributed by atoms with Gasteiger partial charge in [-0.1, -0.05) is 6.42 Å². The van der Waals surface area contributed by atoms with E-state index in [4.69, 9.17) is 4.42 Å². The number of halogens is 1. The van der Waals surface area contributed by atoms with Crippen LogP contribution in [0.5, 0.6) is 0 Å². The summed E-state index contributed by atoms with van der Waals surface area (Å²) in [5.41, 5.74) is -1.01. The number of sulfonamides is 1. The number of rotatable bonds is 4. The molecule has 0 aromatic carbocycles. The van der Waals surface area contributed by atoms with Crippen LogP contribution in [-0.2, 0) is 14.8 Å². The summed E-state index contributed by atoms with van der Waals surface area (Å²) in [6.45, 7) is 0.0500. The molecule has 0 bridgehead atoms. The van der Waals surface area contributed by atoms with E-state index in [-0.39, 0.29) is 23.5 Å². The second kappa shape index (κ2) is 5.36. The van der Waals surface area contributed by atoms with Crippen molar-refractivity contribution in [3.05, 3.63) is 16.8 Å². The van der Waals surface area contributed by atoms with E-state index in [1.807, 2.05) is 0 Å². The molecule has 2 fully saturated rings. The highest BCUT2D eigenvalue weighted by atomic mass is 79.9. The predicted molar refractivity (Wildman–Crippen MR) is 78.3 cm³/mol. The Morgan fingerprint density at radius 3 is 2.77 bits per heavy atom. The fraction of sp³-hybridized carbons (Fsp3) is 0.500. The van der Waals surface area contributed by atoms with Gasteiger partial charge < -0.3 is 9.73 Å². The first-order valence-corrected chi connectivity index (χ1v) is 9.00. The van der Waals surface area contributed by atoms with Crippen LogP contribution in [0.3, 0.4) is 0 Å². The smallest absolute Gasteiger partial charge is 0.322 e. The zero-order valence-electron chi connectivity index (χ0n) is 11.4. The second-order valence-electron chi connectivity index (χ2n) is 5.38. The molecule has 22 heavy (non-hydrogen) atoms. The molecule has 1 saturated heterocycles. The minimum atomic E-state index is -3.80. The van der Waals surface area contributed by atoms with E-state index in [0.29, 0.717) is 17.5 Å². The average molecular weight is 392 g/mol. The highest BCUT2D eigenvalue weighted by Gasteiger charge is 2.54. The van der Waals surface area contributed by atoms with Crippen LogP contribution in [-0.4, -0.2) is 32.4 Å². The summed E-state index contributed by atoms with van der Waals surface area (Å²) in [7, 11) is -3.80. The molecule has 1 aromatic heterocycles. The van der Waals surface area contributed by atoms with Crippen molar-refractivity contribution in [3.63, 3.8) is 0 Å². The van der Waals surface area contributed by atoms with Crippen molar-refractivity contribution >= 4 is 37.9 Å². The van der Waals surface area contributed by atoms with E-state index in [9.17, 15) is 18.0 Å². The maximum atomic E-state index is 12.1. The summed E-state index contributed by atoms with van der Waals surface area (Å²) in [5.74, 6) is -0.688. The maximum Gasteiger partial charge on any atom is 0.322 e.